The van der Waals surface area contributed by atoms with Gasteiger partial charge in [0, 0.05) is 0 Å². The van der Waals surface area contributed by atoms with Gasteiger partial charge in [-0.2, -0.15) is 5.11 Å². The number of halogens is 1. The van der Waals surface area contributed by atoms with Gasteiger partial charge in [-0.25, -0.2) is 0 Å². The van der Waals surface area contributed by atoms with Crippen molar-refractivity contribution in [3.8, 4) is 12.3 Å². The average molecular weight is 190 g/mol. The molecule has 0 aliphatic carbocycles. The molecule has 1 unspecified atom stereocenters. The molecule has 0 rings (SSSR count). The van der Waals surface area contributed by atoms with Gasteiger partial charge in [0.15, 0.2) is 0 Å². The summed E-state index contributed by atoms with van der Waals surface area (Å²) in [7, 11) is 0. The Labute approximate surface area is 62.6 Å². The molecule has 1 radical (unpaired) electrons. The predicted molar refractivity (Wildman–Crippen MR) is 37.3 cm³/mol. The monoisotopic (exact) mass is 189 g/mol. The third kappa shape index (κ3) is 5.57. The van der Waals surface area contributed by atoms with Crippen LogP contribution in [0.25, 0.3) is 0 Å². The van der Waals surface area contributed by atoms with Crippen molar-refractivity contribution in [2.75, 3.05) is 6.61 Å². The molecule has 0 fully saturated rings. The summed E-state index contributed by atoms with van der Waals surface area (Å²) in [5, 5.41) is 10.5. The molecule has 0 saturated carbocycles. The lowest BCUT2D eigenvalue weighted by Crippen LogP contribution is -2.05. The summed E-state index contributed by atoms with van der Waals surface area (Å²) in [6.45, 7) is 0.0610. The smallest absolute Gasteiger partial charge is 0.212 e. The molecule has 0 aliphatic heterocycles. The van der Waals surface area contributed by atoms with E-state index in [1.807, 2.05) is 0 Å². The van der Waals surface area contributed by atoms with Gasteiger partial charge in [0.1, 0.15) is 6.61 Å². The van der Waals surface area contributed by atoms with Gasteiger partial charge in [-0.05, 0) is 11.1 Å². The van der Waals surface area contributed by atoms with E-state index in [9.17, 15) is 5.11 Å². The van der Waals surface area contributed by atoms with E-state index in [0.717, 1.165) is 0 Å². The van der Waals surface area contributed by atoms with Crippen LogP contribution in [0, 0.1) is 12.3 Å². The topological polar surface area (TPSA) is 29.1 Å². The molecule has 0 aromatic carbocycles. The lowest BCUT2D eigenvalue weighted by atomic mass is 10.6. The second kappa shape index (κ2) is 5.83. The Morgan fingerprint density at radius 2 is 2.56 bits per heavy atom. The molecule has 2 nitrogen and oxygen atoms in total. The SMILES string of the molecule is C#CCOC([O])C=CBr. The summed E-state index contributed by atoms with van der Waals surface area (Å²) in [6, 6.07) is 0. The van der Waals surface area contributed by atoms with E-state index in [4.69, 9.17) is 6.42 Å². The van der Waals surface area contributed by atoms with Gasteiger partial charge < -0.3 is 4.74 Å². The number of hydrogen-bond donors (Lipinski definition) is 0. The van der Waals surface area contributed by atoms with Crippen LogP contribution in [0.1, 0.15) is 0 Å². The lowest BCUT2D eigenvalue weighted by molar-refractivity contribution is -0.0943. The minimum absolute atomic E-state index is 0.0610. The Hall–Kier alpha value is -0.300. The fourth-order valence-electron chi connectivity index (χ4n) is 0.245. The highest BCUT2D eigenvalue weighted by Crippen LogP contribution is 1.92. The molecule has 0 spiro atoms. The minimum Gasteiger partial charge on any atom is -0.333 e. The first-order valence-electron chi connectivity index (χ1n) is 2.29. The van der Waals surface area contributed by atoms with E-state index in [2.05, 4.69) is 26.6 Å². The van der Waals surface area contributed by atoms with Crippen LogP contribution in [0.4, 0.5) is 0 Å². The highest BCUT2D eigenvalue weighted by atomic mass is 79.9. The Kier molecular flexibility index (Phi) is 5.64. The van der Waals surface area contributed by atoms with Gasteiger partial charge in [0.05, 0.1) is 0 Å². The number of terminal acetylenes is 1. The Morgan fingerprint density at radius 1 is 1.89 bits per heavy atom. The third-order valence-electron chi connectivity index (χ3n) is 0.561. The third-order valence-corrected chi connectivity index (χ3v) is 0.866. The molecule has 1 atom stereocenters. The molecule has 49 valence electrons. The summed E-state index contributed by atoms with van der Waals surface area (Å²) in [6.07, 6.45) is 4.99. The van der Waals surface area contributed by atoms with Gasteiger partial charge in [0.25, 0.3) is 0 Å². The molecule has 0 aliphatic rings. The van der Waals surface area contributed by atoms with E-state index in [-0.39, 0.29) is 6.61 Å². The van der Waals surface area contributed by atoms with Gasteiger partial charge in [0.2, 0.25) is 6.29 Å². The van der Waals surface area contributed by atoms with E-state index < -0.39 is 6.29 Å². The van der Waals surface area contributed by atoms with Gasteiger partial charge in [-0.1, -0.05) is 21.9 Å². The number of ether oxygens (including phenoxy) is 1. The fraction of sp³-hybridized carbons (Fsp3) is 0.333. The van der Waals surface area contributed by atoms with E-state index >= 15 is 0 Å². The van der Waals surface area contributed by atoms with Crippen LogP contribution >= 0.6 is 15.9 Å². The maximum atomic E-state index is 10.5. The highest BCUT2D eigenvalue weighted by Gasteiger charge is 1.95. The molecule has 0 heterocycles. The molecule has 3 heteroatoms. The zero-order valence-corrected chi connectivity index (χ0v) is 6.30. The normalized spacial score (nSPS) is 13.4. The van der Waals surface area contributed by atoms with Crippen molar-refractivity contribution >= 4 is 15.9 Å². The van der Waals surface area contributed by atoms with Crippen molar-refractivity contribution in [3.05, 3.63) is 11.1 Å². The van der Waals surface area contributed by atoms with Crippen LogP contribution in [0.2, 0.25) is 0 Å². The van der Waals surface area contributed by atoms with E-state index in [0.29, 0.717) is 0 Å². The number of hydrogen-bond acceptors (Lipinski definition) is 1. The van der Waals surface area contributed by atoms with Crippen molar-refractivity contribution < 1.29 is 9.84 Å². The van der Waals surface area contributed by atoms with Crippen LogP contribution in [0.5, 0.6) is 0 Å². The molecular formula is C6H6BrO2. The van der Waals surface area contributed by atoms with E-state index in [1.54, 1.807) is 0 Å². The summed E-state index contributed by atoms with van der Waals surface area (Å²) in [4.78, 5) is 1.45. The summed E-state index contributed by atoms with van der Waals surface area (Å²) >= 11 is 2.93. The highest BCUT2D eigenvalue weighted by molar-refractivity contribution is 9.11. The van der Waals surface area contributed by atoms with Crippen LogP contribution in [-0.2, 0) is 9.84 Å². The zero-order valence-electron chi connectivity index (χ0n) is 4.71. The zero-order chi connectivity index (χ0) is 7.11. The van der Waals surface area contributed by atoms with Crippen LogP contribution in [-0.4, -0.2) is 12.9 Å². The van der Waals surface area contributed by atoms with E-state index in [1.165, 1.54) is 11.1 Å². The van der Waals surface area contributed by atoms with Crippen molar-refractivity contribution in [2.24, 2.45) is 0 Å². The van der Waals surface area contributed by atoms with Gasteiger partial charge in [-0.15, -0.1) is 6.42 Å². The molecule has 0 bridgehead atoms. The standard InChI is InChI=1S/C6H6BrO2/c1-2-5-9-6(8)3-4-7/h1,3-4,6H,5H2. The molecule has 0 amide bonds. The molecule has 0 aromatic rings. The predicted octanol–water partition coefficient (Wildman–Crippen LogP) is 1.30. The maximum Gasteiger partial charge on any atom is 0.212 e. The van der Waals surface area contributed by atoms with Crippen molar-refractivity contribution in [2.45, 2.75) is 6.29 Å². The molecular weight excluding hydrogens is 184 g/mol. The van der Waals surface area contributed by atoms with Gasteiger partial charge >= 0.3 is 0 Å². The van der Waals surface area contributed by atoms with Gasteiger partial charge in [-0.3, -0.25) is 0 Å². The molecule has 0 N–H and O–H groups in total. The van der Waals surface area contributed by atoms with Crippen LogP contribution in [0.3, 0.4) is 0 Å². The first-order valence-corrected chi connectivity index (χ1v) is 3.20. The fourth-order valence-corrected chi connectivity index (χ4v) is 0.494. The quantitative estimate of drug-likeness (QED) is 0.487. The average Bonchev–Trinajstić information content (AvgIpc) is 1.85. The summed E-state index contributed by atoms with van der Waals surface area (Å²) in [5.41, 5.74) is 0. The summed E-state index contributed by atoms with van der Waals surface area (Å²) < 4.78 is 4.52. The van der Waals surface area contributed by atoms with Crippen LogP contribution < -0.4 is 0 Å². The second-order valence-corrected chi connectivity index (χ2v) is 1.73. The first-order chi connectivity index (χ1) is 4.31. The second-order valence-electron chi connectivity index (χ2n) is 1.20. The molecule has 9 heavy (non-hydrogen) atoms. The Morgan fingerprint density at radius 3 is 3.00 bits per heavy atom. The lowest BCUT2D eigenvalue weighted by Gasteiger charge is -1.98. The molecule has 0 aromatic heterocycles. The Bertz CT molecular complexity index is 126. The first kappa shape index (κ1) is 8.70. The summed E-state index contributed by atoms with van der Waals surface area (Å²) in [5.74, 6) is 2.19. The van der Waals surface area contributed by atoms with Crippen molar-refractivity contribution in [3.63, 3.8) is 0 Å². The largest absolute Gasteiger partial charge is 0.333 e. The maximum absolute atomic E-state index is 10.5. The molecule has 0 saturated heterocycles. The number of rotatable bonds is 3. The Balaban J connectivity index is 3.29. The van der Waals surface area contributed by atoms with Crippen LogP contribution in [0.15, 0.2) is 11.1 Å². The van der Waals surface area contributed by atoms with Crippen molar-refractivity contribution in [1.82, 2.24) is 0 Å². The minimum atomic E-state index is -1.15. The van der Waals surface area contributed by atoms with Crippen molar-refractivity contribution in [1.29, 1.82) is 0 Å².